The van der Waals surface area contributed by atoms with Gasteiger partial charge < -0.3 is 5.32 Å². The highest BCUT2D eigenvalue weighted by molar-refractivity contribution is 9.10. The lowest BCUT2D eigenvalue weighted by Crippen LogP contribution is -2.22. The molecule has 2 nitrogen and oxygen atoms in total. The molecule has 1 N–H and O–H groups in total. The first kappa shape index (κ1) is 13.7. The topological polar surface area (TPSA) is 29.1 Å². The summed E-state index contributed by atoms with van der Waals surface area (Å²) in [4.78, 5) is 11.9. The summed E-state index contributed by atoms with van der Waals surface area (Å²) in [6.45, 7) is 2.42. The zero-order chi connectivity index (χ0) is 13.8. The third-order valence-corrected chi connectivity index (χ3v) is 3.36. The van der Waals surface area contributed by atoms with Crippen LogP contribution < -0.4 is 5.32 Å². The molecule has 1 amide bonds. The summed E-state index contributed by atoms with van der Waals surface area (Å²) < 4.78 is 13.7. The zero-order valence-electron chi connectivity index (χ0n) is 10.4. The number of hydrogen-bond acceptors (Lipinski definition) is 1. The van der Waals surface area contributed by atoms with Crippen LogP contribution >= 0.6 is 15.9 Å². The molecule has 0 radical (unpaired) electrons. The van der Waals surface area contributed by atoms with E-state index in [0.29, 0.717) is 16.6 Å². The second-order valence-corrected chi connectivity index (χ2v) is 5.15. The van der Waals surface area contributed by atoms with Crippen LogP contribution in [-0.4, -0.2) is 5.91 Å². The van der Waals surface area contributed by atoms with Gasteiger partial charge in [-0.05, 0) is 46.6 Å². The van der Waals surface area contributed by atoms with Crippen LogP contribution in [0, 0.1) is 12.7 Å². The Balaban J connectivity index is 2.03. The van der Waals surface area contributed by atoms with Crippen LogP contribution in [0.25, 0.3) is 0 Å². The van der Waals surface area contributed by atoms with Crippen molar-refractivity contribution in [1.82, 2.24) is 5.32 Å². The van der Waals surface area contributed by atoms with Gasteiger partial charge in [0.25, 0.3) is 5.91 Å². The number of rotatable bonds is 3. The molecule has 0 unspecified atom stereocenters. The highest BCUT2D eigenvalue weighted by Crippen LogP contribution is 2.16. The van der Waals surface area contributed by atoms with Crippen LogP contribution in [0.15, 0.2) is 46.9 Å². The fourth-order valence-corrected chi connectivity index (χ4v) is 1.99. The van der Waals surface area contributed by atoms with Crippen LogP contribution in [-0.2, 0) is 6.54 Å². The van der Waals surface area contributed by atoms with Crippen LogP contribution in [0.4, 0.5) is 4.39 Å². The summed E-state index contributed by atoms with van der Waals surface area (Å²) in [6.07, 6.45) is 0. The summed E-state index contributed by atoms with van der Waals surface area (Å²) in [5.74, 6) is -0.726. The number of carbonyl (C=O) groups is 1. The summed E-state index contributed by atoms with van der Waals surface area (Å²) in [5, 5.41) is 2.77. The quantitative estimate of drug-likeness (QED) is 0.914. The third-order valence-electron chi connectivity index (χ3n) is 2.72. The monoisotopic (exact) mass is 321 g/mol. The molecule has 2 aromatic carbocycles. The minimum atomic E-state index is -0.441. The van der Waals surface area contributed by atoms with Crippen LogP contribution in [0.2, 0.25) is 0 Å². The summed E-state index contributed by atoms with van der Waals surface area (Å²) in [6, 6.07) is 12.2. The second kappa shape index (κ2) is 5.97. The first-order valence-corrected chi connectivity index (χ1v) is 6.64. The molecule has 0 aromatic heterocycles. The molecule has 0 aliphatic rings. The van der Waals surface area contributed by atoms with Gasteiger partial charge in [-0.1, -0.05) is 29.8 Å². The number of amides is 1. The molecule has 2 aromatic rings. The number of benzene rings is 2. The summed E-state index contributed by atoms with van der Waals surface area (Å²) >= 11 is 3.06. The zero-order valence-corrected chi connectivity index (χ0v) is 12.0. The van der Waals surface area contributed by atoms with E-state index in [9.17, 15) is 9.18 Å². The Kier molecular flexibility index (Phi) is 4.32. The van der Waals surface area contributed by atoms with Crippen molar-refractivity contribution in [3.8, 4) is 0 Å². The van der Waals surface area contributed by atoms with Crippen LogP contribution in [0.3, 0.4) is 0 Å². The molecule has 4 heteroatoms. The molecule has 0 bridgehead atoms. The second-order valence-electron chi connectivity index (χ2n) is 4.30. The predicted octanol–water partition coefficient (Wildman–Crippen LogP) is 3.83. The number of halogens is 2. The van der Waals surface area contributed by atoms with Gasteiger partial charge in [0.2, 0.25) is 0 Å². The fraction of sp³-hybridized carbons (Fsp3) is 0.133. The lowest BCUT2D eigenvalue weighted by atomic mass is 10.1. The molecule has 0 atom stereocenters. The van der Waals surface area contributed by atoms with Gasteiger partial charge in [-0.3, -0.25) is 4.79 Å². The van der Waals surface area contributed by atoms with Crippen LogP contribution in [0.1, 0.15) is 21.5 Å². The van der Waals surface area contributed by atoms with E-state index in [0.717, 1.165) is 11.1 Å². The highest BCUT2D eigenvalue weighted by Gasteiger charge is 2.08. The lowest BCUT2D eigenvalue weighted by molar-refractivity contribution is 0.0950. The Bertz CT molecular complexity index is 613. The largest absolute Gasteiger partial charge is 0.348 e. The van der Waals surface area contributed by atoms with Crippen molar-refractivity contribution in [3.63, 3.8) is 0 Å². The smallest absolute Gasteiger partial charge is 0.251 e. The van der Waals surface area contributed by atoms with Crippen molar-refractivity contribution in [2.24, 2.45) is 0 Å². The summed E-state index contributed by atoms with van der Waals surface area (Å²) in [5.41, 5.74) is 2.47. The average Bonchev–Trinajstić information content (AvgIpc) is 2.39. The van der Waals surface area contributed by atoms with Crippen molar-refractivity contribution in [1.29, 1.82) is 0 Å². The van der Waals surface area contributed by atoms with Crippen molar-refractivity contribution in [3.05, 3.63) is 69.4 Å². The highest BCUT2D eigenvalue weighted by atomic mass is 79.9. The van der Waals surface area contributed by atoms with Gasteiger partial charge in [0.05, 0.1) is 4.47 Å². The van der Waals surface area contributed by atoms with E-state index >= 15 is 0 Å². The minimum absolute atomic E-state index is 0.284. The van der Waals surface area contributed by atoms with Gasteiger partial charge in [0, 0.05) is 12.1 Å². The molecule has 2 rings (SSSR count). The van der Waals surface area contributed by atoms with Crippen molar-refractivity contribution >= 4 is 21.8 Å². The first-order chi connectivity index (χ1) is 9.06. The molecule has 0 fully saturated rings. The predicted molar refractivity (Wildman–Crippen MR) is 76.4 cm³/mol. The standard InChI is InChI=1S/C15H13BrFNO/c1-10-3-2-4-11(7-10)9-18-15(19)12-5-6-13(16)14(17)8-12/h2-8H,9H2,1H3,(H,18,19). The molecule has 98 valence electrons. The average molecular weight is 322 g/mol. The van der Waals surface area contributed by atoms with Crippen molar-refractivity contribution in [2.75, 3.05) is 0 Å². The molecule has 0 spiro atoms. The summed E-state index contributed by atoms with van der Waals surface area (Å²) in [7, 11) is 0. The molecule has 0 saturated carbocycles. The van der Waals surface area contributed by atoms with Crippen LogP contribution in [0.5, 0.6) is 0 Å². The Morgan fingerprint density at radius 1 is 1.26 bits per heavy atom. The minimum Gasteiger partial charge on any atom is -0.348 e. The lowest BCUT2D eigenvalue weighted by Gasteiger charge is -2.06. The maximum Gasteiger partial charge on any atom is 0.251 e. The van der Waals surface area contributed by atoms with Gasteiger partial charge >= 0.3 is 0 Å². The number of carbonyl (C=O) groups excluding carboxylic acids is 1. The SMILES string of the molecule is Cc1cccc(CNC(=O)c2ccc(Br)c(F)c2)c1. The van der Waals surface area contributed by atoms with Gasteiger partial charge in [-0.2, -0.15) is 0 Å². The van der Waals surface area contributed by atoms with Crippen molar-refractivity contribution in [2.45, 2.75) is 13.5 Å². The van der Waals surface area contributed by atoms with Gasteiger partial charge in [-0.15, -0.1) is 0 Å². The van der Waals surface area contributed by atoms with E-state index in [1.807, 2.05) is 31.2 Å². The van der Waals surface area contributed by atoms with Gasteiger partial charge in [-0.25, -0.2) is 4.39 Å². The van der Waals surface area contributed by atoms with Gasteiger partial charge in [0.15, 0.2) is 0 Å². The molecular weight excluding hydrogens is 309 g/mol. The first-order valence-electron chi connectivity index (χ1n) is 5.85. The van der Waals surface area contributed by atoms with E-state index in [2.05, 4.69) is 21.2 Å². The number of nitrogens with one attached hydrogen (secondary N) is 1. The van der Waals surface area contributed by atoms with E-state index in [1.165, 1.54) is 12.1 Å². The Morgan fingerprint density at radius 3 is 2.74 bits per heavy atom. The van der Waals surface area contributed by atoms with E-state index < -0.39 is 5.82 Å². The third kappa shape index (κ3) is 3.64. The molecule has 0 aliphatic heterocycles. The van der Waals surface area contributed by atoms with E-state index in [1.54, 1.807) is 6.07 Å². The fourth-order valence-electron chi connectivity index (χ4n) is 1.74. The molecular formula is C15H13BrFNO. The molecule has 0 aliphatic carbocycles. The Hall–Kier alpha value is -1.68. The normalized spacial score (nSPS) is 10.3. The molecule has 0 heterocycles. The van der Waals surface area contributed by atoms with Crippen molar-refractivity contribution < 1.29 is 9.18 Å². The van der Waals surface area contributed by atoms with Gasteiger partial charge in [0.1, 0.15) is 5.82 Å². The molecule has 19 heavy (non-hydrogen) atoms. The molecule has 0 saturated heterocycles. The van der Waals surface area contributed by atoms with E-state index in [4.69, 9.17) is 0 Å². The Morgan fingerprint density at radius 2 is 2.05 bits per heavy atom. The number of aryl methyl sites for hydroxylation is 1. The maximum atomic E-state index is 13.3. The Labute approximate surface area is 119 Å². The number of hydrogen-bond donors (Lipinski definition) is 1. The van der Waals surface area contributed by atoms with E-state index in [-0.39, 0.29) is 5.91 Å². The maximum absolute atomic E-state index is 13.3.